The highest BCUT2D eigenvalue weighted by molar-refractivity contribution is 5.66. The Morgan fingerprint density at radius 2 is 2.05 bits per heavy atom. The second-order valence-electron chi connectivity index (χ2n) is 5.33. The van der Waals surface area contributed by atoms with Gasteiger partial charge in [-0.15, -0.1) is 0 Å². The van der Waals surface area contributed by atoms with Gasteiger partial charge in [-0.25, -0.2) is 4.98 Å². The van der Waals surface area contributed by atoms with Crippen LogP contribution in [0.15, 0.2) is 30.5 Å². The third-order valence-corrected chi connectivity index (χ3v) is 3.94. The molecule has 1 aromatic carbocycles. The Hall–Kier alpha value is -2.07. The number of aliphatic hydroxyl groups excluding tert-OH is 1. The quantitative estimate of drug-likeness (QED) is 0.905. The molecule has 0 spiro atoms. The van der Waals surface area contributed by atoms with Crippen molar-refractivity contribution in [2.75, 3.05) is 12.4 Å². The average molecular weight is 284 g/mol. The highest BCUT2D eigenvalue weighted by atomic mass is 16.5. The van der Waals surface area contributed by atoms with E-state index in [9.17, 15) is 5.11 Å². The van der Waals surface area contributed by atoms with Crippen LogP contribution in [-0.2, 0) is 19.4 Å². The molecule has 0 atom stereocenters. The zero-order valence-electron chi connectivity index (χ0n) is 12.2. The predicted octanol–water partition coefficient (Wildman–Crippen LogP) is 3.20. The lowest BCUT2D eigenvalue weighted by atomic mass is 9.91. The van der Waals surface area contributed by atoms with Gasteiger partial charge in [0.1, 0.15) is 0 Å². The zero-order valence-corrected chi connectivity index (χ0v) is 12.2. The van der Waals surface area contributed by atoms with Crippen LogP contribution in [-0.4, -0.2) is 17.2 Å². The molecule has 110 valence electrons. The van der Waals surface area contributed by atoms with Crippen LogP contribution < -0.4 is 10.1 Å². The molecule has 4 nitrogen and oxygen atoms in total. The van der Waals surface area contributed by atoms with Gasteiger partial charge in [0, 0.05) is 11.3 Å². The highest BCUT2D eigenvalue weighted by Gasteiger charge is 2.18. The fourth-order valence-corrected chi connectivity index (χ4v) is 2.90. The van der Waals surface area contributed by atoms with Crippen molar-refractivity contribution < 1.29 is 9.84 Å². The molecule has 1 heterocycles. The van der Waals surface area contributed by atoms with Gasteiger partial charge in [-0.3, -0.25) is 0 Å². The van der Waals surface area contributed by atoms with Crippen molar-refractivity contribution in [2.24, 2.45) is 0 Å². The van der Waals surface area contributed by atoms with E-state index < -0.39 is 0 Å². The van der Waals surface area contributed by atoms with Gasteiger partial charge in [0.15, 0.2) is 0 Å². The van der Waals surface area contributed by atoms with Gasteiger partial charge in [0.2, 0.25) is 5.88 Å². The molecule has 4 heteroatoms. The van der Waals surface area contributed by atoms with E-state index in [1.54, 1.807) is 7.11 Å². The van der Waals surface area contributed by atoms with E-state index in [1.807, 2.05) is 30.5 Å². The molecule has 0 unspecified atom stereocenters. The normalized spacial score (nSPS) is 13.6. The molecule has 1 aromatic heterocycles. The number of hydrogen-bond acceptors (Lipinski definition) is 4. The lowest BCUT2D eigenvalue weighted by molar-refractivity contribution is 0.282. The van der Waals surface area contributed by atoms with Gasteiger partial charge in [-0.1, -0.05) is 12.1 Å². The minimum Gasteiger partial charge on any atom is -0.481 e. The Morgan fingerprint density at radius 3 is 2.81 bits per heavy atom. The Kier molecular flexibility index (Phi) is 4.06. The van der Waals surface area contributed by atoms with Crippen LogP contribution in [0, 0.1) is 0 Å². The van der Waals surface area contributed by atoms with Crippen molar-refractivity contribution in [1.29, 1.82) is 0 Å². The number of anilines is 2. The van der Waals surface area contributed by atoms with Crippen molar-refractivity contribution >= 4 is 11.4 Å². The van der Waals surface area contributed by atoms with Crippen molar-refractivity contribution in [3.8, 4) is 5.88 Å². The molecule has 21 heavy (non-hydrogen) atoms. The number of fused-ring (bicyclic) bond motifs is 1. The summed E-state index contributed by atoms with van der Waals surface area (Å²) in [6, 6.07) is 7.81. The van der Waals surface area contributed by atoms with E-state index in [0.29, 0.717) is 0 Å². The van der Waals surface area contributed by atoms with Crippen LogP contribution in [0.2, 0.25) is 0 Å². The van der Waals surface area contributed by atoms with E-state index in [2.05, 4.69) is 10.3 Å². The van der Waals surface area contributed by atoms with Crippen LogP contribution in [0.3, 0.4) is 0 Å². The van der Waals surface area contributed by atoms with Crippen molar-refractivity contribution in [3.05, 3.63) is 47.2 Å². The number of hydrogen-bond donors (Lipinski definition) is 2. The summed E-state index contributed by atoms with van der Waals surface area (Å²) < 4.78 is 5.38. The number of nitrogens with zero attached hydrogens (tertiary/aromatic N) is 1. The monoisotopic (exact) mass is 284 g/mol. The number of nitrogens with one attached hydrogen (secondary N) is 1. The average Bonchev–Trinajstić information content (AvgIpc) is 2.55. The summed E-state index contributed by atoms with van der Waals surface area (Å²) >= 11 is 0. The first-order valence-electron chi connectivity index (χ1n) is 7.33. The summed E-state index contributed by atoms with van der Waals surface area (Å²) in [6.07, 6.45) is 6.31. The van der Waals surface area contributed by atoms with Crippen molar-refractivity contribution in [2.45, 2.75) is 32.3 Å². The van der Waals surface area contributed by atoms with E-state index in [4.69, 9.17) is 4.74 Å². The van der Waals surface area contributed by atoms with Gasteiger partial charge < -0.3 is 15.2 Å². The molecule has 3 rings (SSSR count). The van der Waals surface area contributed by atoms with Crippen LogP contribution in [0.4, 0.5) is 11.4 Å². The third-order valence-electron chi connectivity index (χ3n) is 3.94. The first-order valence-corrected chi connectivity index (χ1v) is 7.33. The summed E-state index contributed by atoms with van der Waals surface area (Å²) in [4.78, 5) is 4.42. The van der Waals surface area contributed by atoms with Gasteiger partial charge in [0.25, 0.3) is 0 Å². The number of aromatic nitrogens is 1. The van der Waals surface area contributed by atoms with E-state index in [-0.39, 0.29) is 6.61 Å². The predicted molar refractivity (Wildman–Crippen MR) is 83.1 cm³/mol. The molecule has 0 saturated carbocycles. The lowest BCUT2D eigenvalue weighted by Gasteiger charge is -2.21. The van der Waals surface area contributed by atoms with E-state index >= 15 is 0 Å². The second kappa shape index (κ2) is 6.14. The number of benzene rings is 1. The van der Waals surface area contributed by atoms with Crippen LogP contribution >= 0.6 is 0 Å². The van der Waals surface area contributed by atoms with Crippen molar-refractivity contribution in [3.63, 3.8) is 0 Å². The third kappa shape index (κ3) is 2.85. The molecule has 1 aliphatic carbocycles. The number of aliphatic hydroxyl groups is 1. The first kappa shape index (κ1) is 13.9. The second-order valence-corrected chi connectivity index (χ2v) is 5.33. The van der Waals surface area contributed by atoms with Gasteiger partial charge in [-0.2, -0.15) is 0 Å². The maximum atomic E-state index is 9.23. The number of methoxy groups -OCH3 is 1. The van der Waals surface area contributed by atoms with Gasteiger partial charge in [0.05, 0.1) is 25.6 Å². The summed E-state index contributed by atoms with van der Waals surface area (Å²) in [6.45, 7) is 0.0501. The molecular weight excluding hydrogens is 264 g/mol. The molecule has 0 amide bonds. The molecule has 0 aliphatic heterocycles. The number of pyridine rings is 1. The Morgan fingerprint density at radius 1 is 1.24 bits per heavy atom. The Labute approximate surface area is 124 Å². The molecule has 0 fully saturated rings. The maximum absolute atomic E-state index is 9.23. The standard InChI is InChI=1S/C17H20N2O2/c1-21-17-15-8-3-2-7-14(15)16(10-18-17)19-13-6-4-5-12(9-13)11-20/h4-6,9-10,19-20H,2-3,7-8,11H2,1H3. The van der Waals surface area contributed by atoms with E-state index in [1.165, 1.54) is 24.0 Å². The molecule has 1 aliphatic rings. The Bertz CT molecular complexity index is 641. The largest absolute Gasteiger partial charge is 0.481 e. The molecule has 2 aromatic rings. The van der Waals surface area contributed by atoms with Gasteiger partial charge in [-0.05, 0) is 48.9 Å². The molecule has 2 N–H and O–H groups in total. The topological polar surface area (TPSA) is 54.4 Å². The number of rotatable bonds is 4. The van der Waals surface area contributed by atoms with E-state index in [0.717, 1.165) is 35.7 Å². The summed E-state index contributed by atoms with van der Waals surface area (Å²) in [5.41, 5.74) is 5.45. The minimum absolute atomic E-state index is 0.0501. The first-order chi connectivity index (χ1) is 10.3. The molecular formula is C17H20N2O2. The summed E-state index contributed by atoms with van der Waals surface area (Å²) in [7, 11) is 1.68. The highest BCUT2D eigenvalue weighted by Crippen LogP contribution is 2.34. The summed E-state index contributed by atoms with van der Waals surface area (Å²) in [5.74, 6) is 0.749. The molecule has 0 radical (unpaired) electrons. The molecule has 0 saturated heterocycles. The smallest absolute Gasteiger partial charge is 0.216 e. The minimum atomic E-state index is 0.0501. The Balaban J connectivity index is 1.95. The van der Waals surface area contributed by atoms with Crippen LogP contribution in [0.25, 0.3) is 0 Å². The maximum Gasteiger partial charge on any atom is 0.216 e. The van der Waals surface area contributed by atoms with Crippen LogP contribution in [0.1, 0.15) is 29.5 Å². The zero-order chi connectivity index (χ0) is 14.7. The SMILES string of the molecule is COc1ncc(Nc2cccc(CO)c2)c2c1CCCC2. The lowest BCUT2D eigenvalue weighted by Crippen LogP contribution is -2.09. The molecule has 0 bridgehead atoms. The van der Waals surface area contributed by atoms with Crippen molar-refractivity contribution in [1.82, 2.24) is 4.98 Å². The fourth-order valence-electron chi connectivity index (χ4n) is 2.90. The van der Waals surface area contributed by atoms with Gasteiger partial charge >= 0.3 is 0 Å². The summed E-state index contributed by atoms with van der Waals surface area (Å²) in [5, 5.41) is 12.7. The number of ether oxygens (including phenoxy) is 1. The van der Waals surface area contributed by atoms with Crippen LogP contribution in [0.5, 0.6) is 5.88 Å². The fraction of sp³-hybridized carbons (Fsp3) is 0.353.